The summed E-state index contributed by atoms with van der Waals surface area (Å²) in [4.78, 5) is 16.3. The number of sulfonamides is 1. The molecule has 2 heterocycles. The summed E-state index contributed by atoms with van der Waals surface area (Å²) in [6.45, 7) is 0.961. The van der Waals surface area contributed by atoms with Crippen molar-refractivity contribution in [2.75, 3.05) is 18.4 Å². The van der Waals surface area contributed by atoms with Crippen molar-refractivity contribution in [1.82, 2.24) is 9.29 Å². The molecule has 0 bridgehead atoms. The van der Waals surface area contributed by atoms with Crippen molar-refractivity contribution in [2.45, 2.75) is 30.6 Å². The number of hydrogen-bond donors (Lipinski definition) is 1. The first-order valence-electron chi connectivity index (χ1n) is 7.99. The summed E-state index contributed by atoms with van der Waals surface area (Å²) in [5, 5.41) is 4.96. The third-order valence-electron chi connectivity index (χ3n) is 4.03. The van der Waals surface area contributed by atoms with Crippen molar-refractivity contribution < 1.29 is 13.2 Å². The van der Waals surface area contributed by atoms with Gasteiger partial charge in [0.2, 0.25) is 10.0 Å². The van der Waals surface area contributed by atoms with Gasteiger partial charge in [-0.05, 0) is 31.0 Å². The SMILES string of the molecule is O=C(Nc1nccs1)c1ccc(Cl)c(S(=O)(=O)N2CCCCCC2)c1. The lowest BCUT2D eigenvalue weighted by Gasteiger charge is -2.21. The van der Waals surface area contributed by atoms with Crippen LogP contribution in [-0.4, -0.2) is 36.7 Å². The maximum absolute atomic E-state index is 13.0. The number of hydrogen-bond acceptors (Lipinski definition) is 5. The number of carbonyl (C=O) groups is 1. The lowest BCUT2D eigenvalue weighted by molar-refractivity contribution is 0.102. The Morgan fingerprint density at radius 2 is 1.92 bits per heavy atom. The fourth-order valence-electron chi connectivity index (χ4n) is 2.72. The van der Waals surface area contributed by atoms with Crippen LogP contribution in [0.5, 0.6) is 0 Å². The van der Waals surface area contributed by atoms with E-state index in [4.69, 9.17) is 11.6 Å². The largest absolute Gasteiger partial charge is 0.298 e. The van der Waals surface area contributed by atoms with Crippen molar-refractivity contribution in [3.8, 4) is 0 Å². The van der Waals surface area contributed by atoms with E-state index < -0.39 is 15.9 Å². The molecule has 3 rings (SSSR count). The lowest BCUT2D eigenvalue weighted by atomic mass is 10.2. The Morgan fingerprint density at radius 3 is 2.56 bits per heavy atom. The average Bonchev–Trinajstić information content (AvgIpc) is 2.93. The van der Waals surface area contributed by atoms with E-state index in [1.165, 1.54) is 33.8 Å². The van der Waals surface area contributed by atoms with Crippen LogP contribution >= 0.6 is 22.9 Å². The van der Waals surface area contributed by atoms with Gasteiger partial charge in [-0.25, -0.2) is 13.4 Å². The highest BCUT2D eigenvalue weighted by molar-refractivity contribution is 7.89. The number of carbonyl (C=O) groups excluding carboxylic acids is 1. The van der Waals surface area contributed by atoms with Gasteiger partial charge in [0.15, 0.2) is 5.13 Å². The van der Waals surface area contributed by atoms with E-state index in [0.717, 1.165) is 25.7 Å². The van der Waals surface area contributed by atoms with Crippen molar-refractivity contribution in [2.24, 2.45) is 0 Å². The molecule has 0 atom stereocenters. The standard InChI is InChI=1S/C16H18ClN3O3S2/c17-13-6-5-12(15(21)19-16-18-7-10-24-16)11-14(13)25(22,23)20-8-3-1-2-4-9-20/h5-7,10-11H,1-4,8-9H2,(H,18,19,21). The van der Waals surface area contributed by atoms with E-state index in [9.17, 15) is 13.2 Å². The maximum atomic E-state index is 13.0. The van der Waals surface area contributed by atoms with Gasteiger partial charge in [-0.1, -0.05) is 24.4 Å². The quantitative estimate of drug-likeness (QED) is 0.851. The Morgan fingerprint density at radius 1 is 1.20 bits per heavy atom. The van der Waals surface area contributed by atoms with Crippen molar-refractivity contribution in [3.05, 3.63) is 40.4 Å². The molecule has 0 spiro atoms. The first-order valence-corrected chi connectivity index (χ1v) is 10.7. The number of amides is 1. The summed E-state index contributed by atoms with van der Waals surface area (Å²) in [6, 6.07) is 4.29. The summed E-state index contributed by atoms with van der Waals surface area (Å²) in [5.74, 6) is -0.418. The van der Waals surface area contributed by atoms with Crippen molar-refractivity contribution in [3.63, 3.8) is 0 Å². The maximum Gasteiger partial charge on any atom is 0.257 e. The molecule has 25 heavy (non-hydrogen) atoms. The summed E-state index contributed by atoms with van der Waals surface area (Å²) in [5.41, 5.74) is 0.230. The van der Waals surface area contributed by atoms with Crippen LogP contribution in [0.25, 0.3) is 0 Å². The highest BCUT2D eigenvalue weighted by Crippen LogP contribution is 2.28. The molecule has 0 saturated carbocycles. The van der Waals surface area contributed by atoms with E-state index in [2.05, 4.69) is 10.3 Å². The van der Waals surface area contributed by atoms with Crippen LogP contribution in [0.4, 0.5) is 5.13 Å². The van der Waals surface area contributed by atoms with Gasteiger partial charge in [-0.15, -0.1) is 11.3 Å². The minimum absolute atomic E-state index is 0.0251. The normalized spacial score (nSPS) is 16.4. The molecule has 1 aliphatic rings. The van der Waals surface area contributed by atoms with Crippen LogP contribution in [0.15, 0.2) is 34.7 Å². The first-order chi connectivity index (χ1) is 12.0. The Kier molecular flexibility index (Phi) is 5.73. The molecule has 134 valence electrons. The van der Waals surface area contributed by atoms with E-state index in [-0.39, 0.29) is 15.5 Å². The predicted molar refractivity (Wildman–Crippen MR) is 98.7 cm³/mol. The number of thiazole rings is 1. The van der Waals surface area contributed by atoms with Crippen molar-refractivity contribution in [1.29, 1.82) is 0 Å². The Hall–Kier alpha value is -1.48. The van der Waals surface area contributed by atoms with Gasteiger partial charge in [-0.3, -0.25) is 10.1 Å². The van der Waals surface area contributed by atoms with Crippen LogP contribution in [0.2, 0.25) is 5.02 Å². The number of anilines is 1. The third kappa shape index (κ3) is 4.20. The number of nitrogens with one attached hydrogen (secondary N) is 1. The van der Waals surface area contributed by atoms with Gasteiger partial charge < -0.3 is 0 Å². The van der Waals surface area contributed by atoms with E-state index in [1.54, 1.807) is 11.6 Å². The summed E-state index contributed by atoms with van der Waals surface area (Å²) < 4.78 is 27.4. The zero-order valence-corrected chi connectivity index (χ0v) is 15.8. The molecule has 1 N–H and O–H groups in total. The fraction of sp³-hybridized carbons (Fsp3) is 0.375. The number of rotatable bonds is 4. The Labute approximate surface area is 155 Å². The van der Waals surface area contributed by atoms with Crippen molar-refractivity contribution >= 4 is 44.0 Å². The highest BCUT2D eigenvalue weighted by atomic mass is 35.5. The minimum Gasteiger partial charge on any atom is -0.298 e. The summed E-state index contributed by atoms with van der Waals surface area (Å²) in [6.07, 6.45) is 5.30. The molecule has 1 amide bonds. The van der Waals surface area contributed by atoms with Crippen LogP contribution in [0.1, 0.15) is 36.0 Å². The second-order valence-electron chi connectivity index (χ2n) is 5.75. The molecule has 1 aromatic carbocycles. The molecule has 0 radical (unpaired) electrons. The smallest absolute Gasteiger partial charge is 0.257 e. The van der Waals surface area contributed by atoms with Gasteiger partial charge in [0.05, 0.1) is 5.02 Å². The molecular weight excluding hydrogens is 382 g/mol. The molecule has 2 aromatic rings. The fourth-order valence-corrected chi connectivity index (χ4v) is 5.26. The minimum atomic E-state index is -3.73. The molecule has 6 nitrogen and oxygen atoms in total. The van der Waals surface area contributed by atoms with Crippen LogP contribution in [0, 0.1) is 0 Å². The third-order valence-corrected chi connectivity index (χ3v) is 7.10. The summed E-state index contributed by atoms with van der Waals surface area (Å²) >= 11 is 7.43. The van der Waals surface area contributed by atoms with Crippen LogP contribution in [-0.2, 0) is 10.0 Å². The van der Waals surface area contributed by atoms with Gasteiger partial charge in [0.25, 0.3) is 5.91 Å². The van der Waals surface area contributed by atoms with E-state index in [1.807, 2.05) is 0 Å². The van der Waals surface area contributed by atoms with Gasteiger partial charge >= 0.3 is 0 Å². The van der Waals surface area contributed by atoms with Crippen LogP contribution in [0.3, 0.4) is 0 Å². The number of nitrogens with zero attached hydrogens (tertiary/aromatic N) is 2. The topological polar surface area (TPSA) is 79.4 Å². The first kappa shape index (κ1) is 18.3. The van der Waals surface area contributed by atoms with Gasteiger partial charge in [0, 0.05) is 30.2 Å². The molecular formula is C16H18ClN3O3S2. The zero-order chi connectivity index (χ0) is 17.9. The average molecular weight is 400 g/mol. The van der Waals surface area contributed by atoms with Crippen LogP contribution < -0.4 is 5.32 Å². The number of halogens is 1. The monoisotopic (exact) mass is 399 g/mol. The summed E-state index contributed by atoms with van der Waals surface area (Å²) in [7, 11) is -3.73. The zero-order valence-electron chi connectivity index (χ0n) is 13.4. The molecule has 0 unspecified atom stereocenters. The predicted octanol–water partition coefficient (Wildman–Crippen LogP) is 3.61. The molecule has 1 aromatic heterocycles. The molecule has 1 aliphatic heterocycles. The lowest BCUT2D eigenvalue weighted by Crippen LogP contribution is -2.32. The number of aromatic nitrogens is 1. The molecule has 9 heteroatoms. The van der Waals surface area contributed by atoms with E-state index >= 15 is 0 Å². The Bertz CT molecular complexity index is 846. The second-order valence-corrected chi connectivity index (χ2v) is 8.96. The van der Waals surface area contributed by atoms with Gasteiger partial charge in [-0.2, -0.15) is 4.31 Å². The molecule has 0 aliphatic carbocycles. The van der Waals surface area contributed by atoms with Gasteiger partial charge in [0.1, 0.15) is 4.90 Å². The van der Waals surface area contributed by atoms with E-state index in [0.29, 0.717) is 18.2 Å². The number of benzene rings is 1. The second kappa shape index (κ2) is 7.82. The molecule has 1 saturated heterocycles. The highest BCUT2D eigenvalue weighted by Gasteiger charge is 2.28. The Balaban J connectivity index is 1.89. The molecule has 1 fully saturated rings.